The van der Waals surface area contributed by atoms with Gasteiger partial charge in [-0.25, -0.2) is 8.42 Å². The first-order valence-corrected chi connectivity index (χ1v) is 8.47. The Labute approximate surface area is 123 Å². The number of benzene rings is 2. The van der Waals surface area contributed by atoms with E-state index in [4.69, 9.17) is 0 Å². The van der Waals surface area contributed by atoms with E-state index < -0.39 is 9.84 Å². The van der Waals surface area contributed by atoms with E-state index in [1.54, 1.807) is 12.1 Å². The van der Waals surface area contributed by atoms with Crippen molar-refractivity contribution in [1.82, 2.24) is 0 Å². The minimum absolute atomic E-state index is 0.107. The van der Waals surface area contributed by atoms with Crippen LogP contribution < -0.4 is 5.32 Å². The van der Waals surface area contributed by atoms with Crippen LogP contribution in [0, 0.1) is 0 Å². The van der Waals surface area contributed by atoms with Gasteiger partial charge < -0.3 is 5.32 Å². The molecule has 21 heavy (non-hydrogen) atoms. The Bertz CT molecular complexity index is 854. The Morgan fingerprint density at radius 1 is 1.05 bits per heavy atom. The Morgan fingerprint density at radius 3 is 2.48 bits per heavy atom. The number of fused-ring (bicyclic) bond motifs is 3. The molecule has 1 aliphatic carbocycles. The lowest BCUT2D eigenvalue weighted by molar-refractivity contribution is -0.114. The van der Waals surface area contributed by atoms with Gasteiger partial charge in [-0.3, -0.25) is 4.79 Å². The molecule has 0 heterocycles. The van der Waals surface area contributed by atoms with E-state index in [-0.39, 0.29) is 5.91 Å². The van der Waals surface area contributed by atoms with Gasteiger partial charge in [0, 0.05) is 18.9 Å². The minimum atomic E-state index is -3.21. The van der Waals surface area contributed by atoms with Crippen molar-refractivity contribution < 1.29 is 13.2 Å². The van der Waals surface area contributed by atoms with Gasteiger partial charge in [-0.05, 0) is 52.9 Å². The Balaban J connectivity index is 2.07. The zero-order valence-corrected chi connectivity index (χ0v) is 12.6. The van der Waals surface area contributed by atoms with Gasteiger partial charge in [0.25, 0.3) is 0 Å². The Morgan fingerprint density at radius 2 is 1.81 bits per heavy atom. The average Bonchev–Trinajstić information content (AvgIpc) is 2.73. The maximum atomic E-state index is 11.7. The van der Waals surface area contributed by atoms with Crippen LogP contribution in [0.2, 0.25) is 0 Å². The summed E-state index contributed by atoms with van der Waals surface area (Å²) < 4.78 is 23.3. The topological polar surface area (TPSA) is 63.2 Å². The number of sulfone groups is 1. The number of carbonyl (C=O) groups is 1. The van der Waals surface area contributed by atoms with Gasteiger partial charge in [-0.1, -0.05) is 12.1 Å². The Hall–Kier alpha value is -2.14. The molecule has 0 spiro atoms. The number of carbonyl (C=O) groups excluding carboxylic acids is 1. The number of amides is 1. The number of anilines is 1. The lowest BCUT2D eigenvalue weighted by atomic mass is 10.1. The van der Waals surface area contributed by atoms with Crippen LogP contribution in [0.4, 0.5) is 5.69 Å². The van der Waals surface area contributed by atoms with E-state index in [0.717, 1.165) is 34.4 Å². The summed E-state index contributed by atoms with van der Waals surface area (Å²) in [5.41, 5.74) is 4.96. The molecule has 0 saturated heterocycles. The fourth-order valence-electron chi connectivity index (χ4n) is 2.68. The second kappa shape index (κ2) is 4.70. The Kier molecular flexibility index (Phi) is 3.10. The summed E-state index contributed by atoms with van der Waals surface area (Å²) in [5, 5.41) is 2.76. The molecule has 4 nitrogen and oxygen atoms in total. The molecule has 5 heteroatoms. The van der Waals surface area contributed by atoms with Crippen LogP contribution in [-0.4, -0.2) is 20.6 Å². The second-order valence-corrected chi connectivity index (χ2v) is 7.34. The van der Waals surface area contributed by atoms with Gasteiger partial charge in [0.15, 0.2) is 9.84 Å². The summed E-state index contributed by atoms with van der Waals surface area (Å²) >= 11 is 0. The maximum Gasteiger partial charge on any atom is 0.221 e. The van der Waals surface area contributed by atoms with Crippen LogP contribution in [0.5, 0.6) is 0 Å². The van der Waals surface area contributed by atoms with Crippen LogP contribution in [0.15, 0.2) is 41.3 Å². The average molecular weight is 301 g/mol. The molecular formula is C16H15NO3S. The molecule has 0 atom stereocenters. The number of hydrogen-bond donors (Lipinski definition) is 1. The molecule has 0 fully saturated rings. The first-order valence-electron chi connectivity index (χ1n) is 6.58. The van der Waals surface area contributed by atoms with Crippen molar-refractivity contribution >= 4 is 21.4 Å². The molecule has 2 aromatic rings. The summed E-state index contributed by atoms with van der Waals surface area (Å²) in [7, 11) is -3.21. The predicted octanol–water partition coefficient (Wildman–Crippen LogP) is 2.62. The summed E-state index contributed by atoms with van der Waals surface area (Å²) in [5.74, 6) is -0.107. The molecule has 1 amide bonds. The van der Waals surface area contributed by atoms with Crippen molar-refractivity contribution in [2.75, 3.05) is 11.6 Å². The van der Waals surface area contributed by atoms with Crippen molar-refractivity contribution in [3.63, 3.8) is 0 Å². The number of hydrogen-bond acceptors (Lipinski definition) is 3. The quantitative estimate of drug-likeness (QED) is 0.791. The molecule has 108 valence electrons. The predicted molar refractivity (Wildman–Crippen MR) is 82.1 cm³/mol. The lowest BCUT2D eigenvalue weighted by Gasteiger charge is -2.06. The van der Waals surface area contributed by atoms with Crippen LogP contribution in [0.1, 0.15) is 18.1 Å². The van der Waals surface area contributed by atoms with E-state index in [1.807, 2.05) is 24.3 Å². The highest BCUT2D eigenvalue weighted by atomic mass is 32.2. The monoisotopic (exact) mass is 301 g/mol. The minimum Gasteiger partial charge on any atom is -0.326 e. The van der Waals surface area contributed by atoms with Crippen LogP contribution >= 0.6 is 0 Å². The third-order valence-electron chi connectivity index (χ3n) is 3.61. The normalized spacial score (nSPS) is 12.7. The first-order chi connectivity index (χ1) is 9.84. The molecule has 3 rings (SSSR count). The molecule has 1 aliphatic rings. The van der Waals surface area contributed by atoms with E-state index in [1.165, 1.54) is 13.2 Å². The molecule has 2 aromatic carbocycles. The highest BCUT2D eigenvalue weighted by molar-refractivity contribution is 7.90. The smallest absolute Gasteiger partial charge is 0.221 e. The van der Waals surface area contributed by atoms with E-state index in [9.17, 15) is 13.2 Å². The molecule has 0 radical (unpaired) electrons. The van der Waals surface area contributed by atoms with Gasteiger partial charge in [-0.2, -0.15) is 0 Å². The fourth-order valence-corrected chi connectivity index (χ4v) is 3.33. The summed E-state index contributed by atoms with van der Waals surface area (Å²) in [4.78, 5) is 11.4. The fraction of sp³-hybridized carbons (Fsp3) is 0.188. The summed E-state index contributed by atoms with van der Waals surface area (Å²) in [6.07, 6.45) is 1.96. The molecule has 0 saturated carbocycles. The number of nitrogens with one attached hydrogen (secondary N) is 1. The van der Waals surface area contributed by atoms with Crippen molar-refractivity contribution in [3.8, 4) is 11.1 Å². The van der Waals surface area contributed by atoms with Gasteiger partial charge in [0.05, 0.1) is 4.90 Å². The van der Waals surface area contributed by atoms with Crippen LogP contribution in [-0.2, 0) is 21.1 Å². The number of rotatable bonds is 2. The third kappa shape index (κ3) is 2.56. The standard InChI is InChI=1S/C16H15NO3S/c1-10(18)17-13-4-6-15-12(8-13)7-11-3-5-14(9-16(11)15)21(2,19)20/h3-6,8-9H,7H2,1-2H3,(H,17,18). The lowest BCUT2D eigenvalue weighted by Crippen LogP contribution is -2.05. The molecule has 0 aromatic heterocycles. The van der Waals surface area contributed by atoms with Gasteiger partial charge >= 0.3 is 0 Å². The maximum absolute atomic E-state index is 11.7. The van der Waals surface area contributed by atoms with Crippen molar-refractivity contribution in [1.29, 1.82) is 0 Å². The van der Waals surface area contributed by atoms with E-state index in [0.29, 0.717) is 4.90 Å². The summed E-state index contributed by atoms with van der Waals surface area (Å²) in [6.45, 7) is 1.47. The van der Waals surface area contributed by atoms with Crippen molar-refractivity contribution in [2.24, 2.45) is 0 Å². The van der Waals surface area contributed by atoms with Gasteiger partial charge in [-0.15, -0.1) is 0 Å². The van der Waals surface area contributed by atoms with Gasteiger partial charge in [0.1, 0.15) is 0 Å². The highest BCUT2D eigenvalue weighted by Crippen LogP contribution is 2.39. The highest BCUT2D eigenvalue weighted by Gasteiger charge is 2.21. The summed E-state index contributed by atoms with van der Waals surface area (Å²) in [6, 6.07) is 10.9. The zero-order chi connectivity index (χ0) is 15.2. The van der Waals surface area contributed by atoms with Crippen LogP contribution in [0.25, 0.3) is 11.1 Å². The molecule has 1 N–H and O–H groups in total. The molecule has 0 bridgehead atoms. The van der Waals surface area contributed by atoms with Crippen LogP contribution in [0.3, 0.4) is 0 Å². The molecular weight excluding hydrogens is 286 g/mol. The molecule has 0 unspecified atom stereocenters. The third-order valence-corrected chi connectivity index (χ3v) is 4.72. The molecule has 0 aliphatic heterocycles. The van der Waals surface area contributed by atoms with Crippen molar-refractivity contribution in [3.05, 3.63) is 47.5 Å². The second-order valence-electron chi connectivity index (χ2n) is 5.32. The van der Waals surface area contributed by atoms with E-state index in [2.05, 4.69) is 5.32 Å². The van der Waals surface area contributed by atoms with Crippen molar-refractivity contribution in [2.45, 2.75) is 18.2 Å². The first kappa shape index (κ1) is 13.8. The largest absolute Gasteiger partial charge is 0.326 e. The SMILES string of the molecule is CC(=O)Nc1ccc2c(c1)Cc1ccc(S(C)(=O)=O)cc1-2. The van der Waals surface area contributed by atoms with E-state index >= 15 is 0 Å². The van der Waals surface area contributed by atoms with Gasteiger partial charge in [0.2, 0.25) is 5.91 Å². The zero-order valence-electron chi connectivity index (χ0n) is 11.8.